The summed E-state index contributed by atoms with van der Waals surface area (Å²) in [5.74, 6) is 0.972. The summed E-state index contributed by atoms with van der Waals surface area (Å²) in [4.78, 5) is 14.1. The molecular formula is C25H29N7O2. The van der Waals surface area contributed by atoms with Crippen LogP contribution in [0.25, 0.3) is 11.3 Å². The van der Waals surface area contributed by atoms with Crippen LogP contribution in [0.4, 0.5) is 5.82 Å². The van der Waals surface area contributed by atoms with Gasteiger partial charge in [0, 0.05) is 81.1 Å². The molecule has 5 rings (SSSR count). The first-order valence-corrected chi connectivity index (χ1v) is 11.4. The normalized spacial score (nSPS) is 14.6. The summed E-state index contributed by atoms with van der Waals surface area (Å²) in [6.07, 6.45) is 5.44. The number of aryl methyl sites for hydroxylation is 1. The van der Waals surface area contributed by atoms with Gasteiger partial charge in [0.1, 0.15) is 5.69 Å². The molecule has 34 heavy (non-hydrogen) atoms. The Morgan fingerprint density at radius 2 is 1.53 bits per heavy atom. The molecule has 0 radical (unpaired) electrons. The number of hydrogen-bond donors (Lipinski definition) is 2. The largest absolute Gasteiger partial charge is 0.494 e. The van der Waals surface area contributed by atoms with Crippen molar-refractivity contribution in [3.8, 4) is 23.0 Å². The average Bonchev–Trinajstić information content (AvgIpc) is 3.35. The van der Waals surface area contributed by atoms with E-state index in [0.717, 1.165) is 55.4 Å². The summed E-state index contributed by atoms with van der Waals surface area (Å²) < 4.78 is 3.38. The first-order valence-electron chi connectivity index (χ1n) is 11.4. The van der Waals surface area contributed by atoms with E-state index in [0.29, 0.717) is 6.54 Å². The number of hydrogen-bond acceptors (Lipinski definition) is 7. The minimum Gasteiger partial charge on any atom is -0.494 e. The van der Waals surface area contributed by atoms with Crippen molar-refractivity contribution in [2.75, 3.05) is 31.1 Å². The third-order valence-corrected chi connectivity index (χ3v) is 6.58. The fourth-order valence-electron chi connectivity index (χ4n) is 4.38. The van der Waals surface area contributed by atoms with Crippen LogP contribution >= 0.6 is 0 Å². The lowest BCUT2D eigenvalue weighted by atomic mass is 10.1. The van der Waals surface area contributed by atoms with E-state index in [2.05, 4.69) is 31.8 Å². The molecule has 0 atom stereocenters. The summed E-state index contributed by atoms with van der Waals surface area (Å²) in [6.45, 7) is 7.08. The molecule has 1 aromatic carbocycles. The highest BCUT2D eigenvalue weighted by molar-refractivity contribution is 5.72. The predicted molar refractivity (Wildman–Crippen MR) is 130 cm³/mol. The molecule has 0 amide bonds. The monoisotopic (exact) mass is 459 g/mol. The van der Waals surface area contributed by atoms with Crippen molar-refractivity contribution >= 4 is 5.82 Å². The van der Waals surface area contributed by atoms with Gasteiger partial charge in [0.15, 0.2) is 17.6 Å². The Balaban J connectivity index is 1.28. The highest BCUT2D eigenvalue weighted by atomic mass is 16.3. The molecule has 1 fully saturated rings. The van der Waals surface area contributed by atoms with Crippen LogP contribution in [0.15, 0.2) is 55.0 Å². The fourth-order valence-corrected chi connectivity index (χ4v) is 4.38. The zero-order valence-corrected chi connectivity index (χ0v) is 19.5. The molecule has 9 nitrogen and oxygen atoms in total. The van der Waals surface area contributed by atoms with Crippen LogP contribution in [0.5, 0.6) is 11.8 Å². The molecule has 4 heterocycles. The van der Waals surface area contributed by atoms with Crippen molar-refractivity contribution in [2.24, 2.45) is 7.05 Å². The molecule has 0 unspecified atom stereocenters. The molecule has 0 aliphatic carbocycles. The molecule has 3 aromatic heterocycles. The molecular weight excluding hydrogens is 430 g/mol. The Hall–Kier alpha value is -3.85. The summed E-state index contributed by atoms with van der Waals surface area (Å²) in [6, 6.07) is 11.0. The van der Waals surface area contributed by atoms with Crippen LogP contribution in [0.2, 0.25) is 0 Å². The first-order chi connectivity index (χ1) is 16.5. The van der Waals surface area contributed by atoms with Crippen molar-refractivity contribution in [1.29, 1.82) is 0 Å². The van der Waals surface area contributed by atoms with Gasteiger partial charge in [-0.15, -0.1) is 0 Å². The van der Waals surface area contributed by atoms with Crippen molar-refractivity contribution in [3.05, 3.63) is 71.8 Å². The number of anilines is 1. The van der Waals surface area contributed by atoms with Crippen LogP contribution in [0.3, 0.4) is 0 Å². The Morgan fingerprint density at radius 1 is 0.853 bits per heavy atom. The van der Waals surface area contributed by atoms with E-state index < -0.39 is 0 Å². The smallest absolute Gasteiger partial charge is 0.194 e. The number of rotatable bonds is 6. The molecule has 1 aliphatic heterocycles. The Morgan fingerprint density at radius 3 is 2.18 bits per heavy atom. The number of piperazine rings is 1. The molecule has 0 saturated carbocycles. The zero-order chi connectivity index (χ0) is 23.7. The Bertz CT molecular complexity index is 1250. The maximum atomic E-state index is 9.89. The van der Waals surface area contributed by atoms with E-state index in [1.165, 1.54) is 28.0 Å². The maximum Gasteiger partial charge on any atom is 0.194 e. The van der Waals surface area contributed by atoms with Crippen LogP contribution < -0.4 is 4.90 Å². The number of nitrogens with zero attached hydrogens (tertiary/aromatic N) is 7. The van der Waals surface area contributed by atoms with Crippen molar-refractivity contribution in [3.63, 3.8) is 0 Å². The van der Waals surface area contributed by atoms with Crippen LogP contribution in [0, 0.1) is 6.92 Å². The minimum atomic E-state index is 0.0376. The second-order valence-corrected chi connectivity index (χ2v) is 8.70. The van der Waals surface area contributed by atoms with Gasteiger partial charge in [-0.3, -0.25) is 19.1 Å². The molecule has 2 N–H and O–H groups in total. The molecule has 9 heteroatoms. The van der Waals surface area contributed by atoms with Gasteiger partial charge in [-0.25, -0.2) is 4.98 Å². The van der Waals surface area contributed by atoms with Gasteiger partial charge in [-0.05, 0) is 12.5 Å². The standard InChI is InChI=1S/C25H29N7O2/c1-18-21(15-28-29(18)2)17-30-11-13-31(14-12-30)25-24(26-9-10-27-25)20-5-3-19(4-6-20)16-32-22(33)7-8-23(32)34/h3-10,15,33-34H,11-14,16-17H2,1-2H3. The molecule has 0 bridgehead atoms. The minimum absolute atomic E-state index is 0.0376. The van der Waals surface area contributed by atoms with Crippen LogP contribution in [-0.4, -0.2) is 65.6 Å². The van der Waals surface area contributed by atoms with Crippen molar-refractivity contribution < 1.29 is 10.2 Å². The third-order valence-electron chi connectivity index (χ3n) is 6.58. The van der Waals surface area contributed by atoms with Crippen molar-refractivity contribution in [2.45, 2.75) is 20.0 Å². The van der Waals surface area contributed by atoms with Gasteiger partial charge >= 0.3 is 0 Å². The van der Waals surface area contributed by atoms with E-state index in [1.807, 2.05) is 42.2 Å². The number of aromatic nitrogens is 5. The summed E-state index contributed by atoms with van der Waals surface area (Å²) in [7, 11) is 1.98. The molecule has 0 spiro atoms. The lowest BCUT2D eigenvalue weighted by Crippen LogP contribution is -2.46. The summed E-state index contributed by atoms with van der Waals surface area (Å²) in [5.41, 5.74) is 5.30. The quantitative estimate of drug-likeness (QED) is 0.458. The van der Waals surface area contributed by atoms with E-state index in [4.69, 9.17) is 0 Å². The first kappa shape index (κ1) is 22.0. The predicted octanol–water partition coefficient (Wildman–Crippen LogP) is 2.77. The summed E-state index contributed by atoms with van der Waals surface area (Å²) in [5, 5.41) is 24.1. The molecule has 176 valence electrons. The highest BCUT2D eigenvalue weighted by Gasteiger charge is 2.22. The highest BCUT2D eigenvalue weighted by Crippen LogP contribution is 2.29. The topological polar surface area (TPSA) is 95.5 Å². The van der Waals surface area contributed by atoms with Gasteiger partial charge in [0.25, 0.3) is 0 Å². The molecule has 1 saturated heterocycles. The zero-order valence-electron chi connectivity index (χ0n) is 19.5. The number of aromatic hydroxyl groups is 2. The van der Waals surface area contributed by atoms with Gasteiger partial charge < -0.3 is 15.1 Å². The lowest BCUT2D eigenvalue weighted by molar-refractivity contribution is 0.249. The second-order valence-electron chi connectivity index (χ2n) is 8.70. The van der Waals surface area contributed by atoms with E-state index >= 15 is 0 Å². The van der Waals surface area contributed by atoms with Crippen LogP contribution in [-0.2, 0) is 20.1 Å². The van der Waals surface area contributed by atoms with Crippen LogP contribution in [0.1, 0.15) is 16.8 Å². The number of benzene rings is 1. The SMILES string of the molecule is Cc1c(CN2CCN(c3nccnc3-c3ccc(Cn4c(O)ccc4O)cc3)CC2)cnn1C. The van der Waals surface area contributed by atoms with E-state index in [9.17, 15) is 10.2 Å². The maximum absolute atomic E-state index is 9.89. The summed E-state index contributed by atoms with van der Waals surface area (Å²) >= 11 is 0. The molecule has 4 aromatic rings. The second kappa shape index (κ2) is 9.18. The van der Waals surface area contributed by atoms with Crippen molar-refractivity contribution in [1.82, 2.24) is 29.2 Å². The van der Waals surface area contributed by atoms with Gasteiger partial charge in [0.05, 0.1) is 12.7 Å². The Kier molecular flexibility index (Phi) is 5.93. The van der Waals surface area contributed by atoms with Gasteiger partial charge in [-0.1, -0.05) is 24.3 Å². The Labute approximate surface area is 198 Å². The fraction of sp³-hybridized carbons (Fsp3) is 0.320. The van der Waals surface area contributed by atoms with E-state index in [1.54, 1.807) is 12.4 Å². The average molecular weight is 460 g/mol. The lowest BCUT2D eigenvalue weighted by Gasteiger charge is -2.35. The third kappa shape index (κ3) is 4.34. The molecule has 1 aliphatic rings. The van der Waals surface area contributed by atoms with E-state index in [-0.39, 0.29) is 11.8 Å². The van der Waals surface area contributed by atoms with Gasteiger partial charge in [-0.2, -0.15) is 5.10 Å². The van der Waals surface area contributed by atoms with Gasteiger partial charge in [0.2, 0.25) is 0 Å².